The number of hydrogen-bond donors (Lipinski definition) is 1. The third-order valence-corrected chi connectivity index (χ3v) is 7.58. The van der Waals surface area contributed by atoms with Gasteiger partial charge in [-0.2, -0.15) is 0 Å². The molecule has 0 saturated carbocycles. The molecule has 194 valence electrons. The zero-order chi connectivity index (χ0) is 26.6. The van der Waals surface area contributed by atoms with Crippen LogP contribution in [0.5, 0.6) is 0 Å². The van der Waals surface area contributed by atoms with Gasteiger partial charge in [-0.25, -0.2) is 14.8 Å². The molecule has 0 saturated heterocycles. The number of anilines is 3. The lowest BCUT2D eigenvalue weighted by atomic mass is 9.95. The maximum absolute atomic E-state index is 12.0. The molecule has 5 aromatic rings. The lowest BCUT2D eigenvalue weighted by Crippen LogP contribution is -2.16. The van der Waals surface area contributed by atoms with E-state index < -0.39 is 5.76 Å². The fourth-order valence-corrected chi connectivity index (χ4v) is 5.87. The van der Waals surface area contributed by atoms with E-state index in [2.05, 4.69) is 72.7 Å². The van der Waals surface area contributed by atoms with Crippen molar-refractivity contribution in [3.05, 3.63) is 86.3 Å². The second kappa shape index (κ2) is 9.28. The van der Waals surface area contributed by atoms with Crippen molar-refractivity contribution in [3.63, 3.8) is 0 Å². The molecular weight excluding hydrogens is 476 g/mol. The van der Waals surface area contributed by atoms with E-state index in [1.807, 2.05) is 17.9 Å². The molecule has 1 aliphatic rings. The first kappa shape index (κ1) is 24.2. The lowest BCUT2D eigenvalue weighted by Gasteiger charge is -2.26. The molecule has 3 aromatic heterocycles. The van der Waals surface area contributed by atoms with E-state index in [0.29, 0.717) is 5.95 Å². The highest BCUT2D eigenvalue weighted by Gasteiger charge is 2.29. The first-order chi connectivity index (χ1) is 18.4. The average Bonchev–Trinajstić information content (AvgIpc) is 3.42. The Kier molecular flexibility index (Phi) is 5.90. The van der Waals surface area contributed by atoms with Crippen molar-refractivity contribution in [2.45, 2.75) is 66.7 Å². The van der Waals surface area contributed by atoms with Crippen molar-refractivity contribution >= 4 is 28.5 Å². The SMILES string of the molecule is CCCCc1nc2c(C)cc(C)nc2n1-c1c(C)cc2c(c1C)CCc1ccccc1N2c1noc(=O)[nH]1. The molecule has 6 rings (SSSR count). The molecule has 4 heterocycles. The van der Waals surface area contributed by atoms with Gasteiger partial charge >= 0.3 is 5.76 Å². The van der Waals surface area contributed by atoms with Crippen LogP contribution < -0.4 is 10.7 Å². The molecule has 0 aliphatic carbocycles. The summed E-state index contributed by atoms with van der Waals surface area (Å²) in [5.41, 5.74) is 11.8. The number of benzene rings is 2. The van der Waals surface area contributed by atoms with Crippen LogP contribution in [0.15, 0.2) is 45.7 Å². The summed E-state index contributed by atoms with van der Waals surface area (Å²) in [6.45, 7) is 10.7. The number of pyridine rings is 1. The third kappa shape index (κ3) is 3.83. The highest BCUT2D eigenvalue weighted by atomic mass is 16.5. The van der Waals surface area contributed by atoms with Crippen LogP contribution in [0.2, 0.25) is 0 Å². The second-order valence-electron chi connectivity index (χ2n) is 10.3. The number of H-pyrrole nitrogens is 1. The molecule has 1 N–H and O–H groups in total. The average molecular weight is 509 g/mol. The Morgan fingerprint density at radius 1 is 1.00 bits per heavy atom. The summed E-state index contributed by atoms with van der Waals surface area (Å²) in [4.78, 5) is 26.8. The van der Waals surface area contributed by atoms with E-state index in [-0.39, 0.29) is 0 Å². The van der Waals surface area contributed by atoms with Crippen LogP contribution in [-0.2, 0) is 19.3 Å². The van der Waals surface area contributed by atoms with Gasteiger partial charge in [0.05, 0.1) is 17.1 Å². The smallest absolute Gasteiger partial charge is 0.294 e. The Balaban J connectivity index is 1.64. The van der Waals surface area contributed by atoms with Crippen LogP contribution >= 0.6 is 0 Å². The van der Waals surface area contributed by atoms with Gasteiger partial charge in [0, 0.05) is 12.1 Å². The van der Waals surface area contributed by atoms with E-state index in [0.717, 1.165) is 83.0 Å². The fourth-order valence-electron chi connectivity index (χ4n) is 5.87. The summed E-state index contributed by atoms with van der Waals surface area (Å²) in [5, 5.41) is 4.08. The fraction of sp³-hybridized carbons (Fsp3) is 0.333. The lowest BCUT2D eigenvalue weighted by molar-refractivity contribution is 0.387. The highest BCUT2D eigenvalue weighted by molar-refractivity contribution is 5.83. The molecule has 8 heteroatoms. The first-order valence-corrected chi connectivity index (χ1v) is 13.3. The molecule has 38 heavy (non-hydrogen) atoms. The number of aryl methyl sites for hydroxylation is 5. The molecule has 0 bridgehead atoms. The van der Waals surface area contributed by atoms with Crippen molar-refractivity contribution in [2.75, 3.05) is 4.90 Å². The molecule has 1 aliphatic heterocycles. The summed E-state index contributed by atoms with van der Waals surface area (Å²) in [6.07, 6.45) is 4.77. The Morgan fingerprint density at radius 3 is 2.58 bits per heavy atom. The van der Waals surface area contributed by atoms with Gasteiger partial charge in [0.15, 0.2) is 5.65 Å². The summed E-state index contributed by atoms with van der Waals surface area (Å²) in [6, 6.07) is 12.6. The molecule has 0 fully saturated rings. The van der Waals surface area contributed by atoms with Gasteiger partial charge in [0.2, 0.25) is 0 Å². The van der Waals surface area contributed by atoms with Crippen LogP contribution in [0.4, 0.5) is 17.3 Å². The van der Waals surface area contributed by atoms with Gasteiger partial charge in [0.25, 0.3) is 5.95 Å². The van der Waals surface area contributed by atoms with Crippen molar-refractivity contribution in [2.24, 2.45) is 0 Å². The normalized spacial score (nSPS) is 13.0. The van der Waals surface area contributed by atoms with E-state index in [4.69, 9.17) is 14.5 Å². The Morgan fingerprint density at radius 2 is 1.82 bits per heavy atom. The minimum absolute atomic E-state index is 0.377. The maximum Gasteiger partial charge on any atom is 0.440 e. The standard InChI is InChI=1S/C30H32N6O2/c1-6-7-12-25-32-26-17(2)15-19(4)31-28(26)36(25)27-18(3)16-24-22(20(27)5)14-13-21-10-8-9-11-23(21)35(24)29-33-30(37)38-34-29/h8-11,15-16H,6-7,12-14H2,1-5H3,(H,33,34,37). The van der Waals surface area contributed by atoms with Crippen LogP contribution in [0.1, 0.15) is 59.1 Å². The van der Waals surface area contributed by atoms with Crippen LogP contribution in [-0.4, -0.2) is 24.7 Å². The number of rotatable bonds is 5. The zero-order valence-electron chi connectivity index (χ0n) is 22.6. The largest absolute Gasteiger partial charge is 0.440 e. The zero-order valence-corrected chi connectivity index (χ0v) is 22.6. The predicted molar refractivity (Wildman–Crippen MR) is 149 cm³/mol. The van der Waals surface area contributed by atoms with Gasteiger partial charge in [0.1, 0.15) is 11.3 Å². The van der Waals surface area contributed by atoms with Crippen molar-refractivity contribution in [1.82, 2.24) is 24.7 Å². The molecule has 0 amide bonds. The number of nitrogens with zero attached hydrogens (tertiary/aromatic N) is 5. The Hall–Kier alpha value is -4.20. The Labute approximate surface area is 221 Å². The maximum atomic E-state index is 12.0. The number of aromatic amines is 1. The molecule has 0 atom stereocenters. The molecule has 0 unspecified atom stereocenters. The molecule has 0 radical (unpaired) electrons. The van der Waals surface area contributed by atoms with Crippen LogP contribution in [0.3, 0.4) is 0 Å². The molecular formula is C30H32N6O2. The molecule has 8 nitrogen and oxygen atoms in total. The van der Waals surface area contributed by atoms with Gasteiger partial charge < -0.3 is 0 Å². The van der Waals surface area contributed by atoms with Gasteiger partial charge in [-0.05, 0) is 98.1 Å². The topological polar surface area (TPSA) is 92.8 Å². The number of hydrogen-bond acceptors (Lipinski definition) is 6. The Bertz CT molecular complexity index is 1740. The summed E-state index contributed by atoms with van der Waals surface area (Å²) in [7, 11) is 0. The highest BCUT2D eigenvalue weighted by Crippen LogP contribution is 2.44. The van der Waals surface area contributed by atoms with E-state index >= 15 is 0 Å². The van der Waals surface area contributed by atoms with E-state index in [1.165, 1.54) is 16.7 Å². The molecule has 2 aromatic carbocycles. The number of para-hydroxylation sites is 1. The predicted octanol–water partition coefficient (Wildman–Crippen LogP) is 6.24. The van der Waals surface area contributed by atoms with Crippen molar-refractivity contribution in [1.29, 1.82) is 0 Å². The number of aromatic nitrogens is 5. The van der Waals surface area contributed by atoms with E-state index in [1.54, 1.807) is 0 Å². The summed E-state index contributed by atoms with van der Waals surface area (Å²) in [5.74, 6) is 0.848. The number of nitrogens with one attached hydrogen (secondary N) is 1. The number of imidazole rings is 1. The van der Waals surface area contributed by atoms with Crippen LogP contribution in [0.25, 0.3) is 16.9 Å². The van der Waals surface area contributed by atoms with E-state index in [9.17, 15) is 4.79 Å². The summed E-state index contributed by atoms with van der Waals surface area (Å²) >= 11 is 0. The van der Waals surface area contributed by atoms with Gasteiger partial charge in [-0.3, -0.25) is 19.0 Å². The van der Waals surface area contributed by atoms with Gasteiger partial charge in [-0.1, -0.05) is 31.5 Å². The minimum atomic E-state index is -0.574. The van der Waals surface area contributed by atoms with Crippen molar-refractivity contribution in [3.8, 4) is 5.69 Å². The summed E-state index contributed by atoms with van der Waals surface area (Å²) < 4.78 is 7.22. The second-order valence-corrected chi connectivity index (χ2v) is 10.3. The number of fused-ring (bicyclic) bond motifs is 3. The van der Waals surface area contributed by atoms with Gasteiger partial charge in [-0.15, -0.1) is 0 Å². The van der Waals surface area contributed by atoms with Crippen LogP contribution in [0, 0.1) is 27.7 Å². The number of unbranched alkanes of at least 4 members (excludes halogenated alkanes) is 1. The monoisotopic (exact) mass is 508 g/mol. The minimum Gasteiger partial charge on any atom is -0.294 e. The quantitative estimate of drug-likeness (QED) is 0.302. The van der Waals surface area contributed by atoms with Crippen molar-refractivity contribution < 1.29 is 4.52 Å². The first-order valence-electron chi connectivity index (χ1n) is 13.3. The molecule has 0 spiro atoms. The third-order valence-electron chi connectivity index (χ3n) is 7.58.